The second kappa shape index (κ2) is 7.66. The summed E-state index contributed by atoms with van der Waals surface area (Å²) in [5.41, 5.74) is 6.70. The number of amides is 2. The topological polar surface area (TPSA) is 81.9 Å². The molecule has 132 valence electrons. The van der Waals surface area contributed by atoms with Crippen molar-refractivity contribution in [3.63, 3.8) is 0 Å². The van der Waals surface area contributed by atoms with Gasteiger partial charge in [-0.3, -0.25) is 9.59 Å². The minimum absolute atomic E-state index is 0.0327. The molecule has 2 N–H and O–H groups in total. The summed E-state index contributed by atoms with van der Waals surface area (Å²) in [5, 5.41) is 0. The van der Waals surface area contributed by atoms with Crippen molar-refractivity contribution in [1.29, 1.82) is 0 Å². The highest BCUT2D eigenvalue weighted by Crippen LogP contribution is 2.34. The van der Waals surface area contributed by atoms with E-state index in [0.29, 0.717) is 18.9 Å². The number of methoxy groups -OCH3 is 2. The lowest BCUT2D eigenvalue weighted by molar-refractivity contribution is -0.138. The molecule has 24 heavy (non-hydrogen) atoms. The smallest absolute Gasteiger partial charge is 0.227 e. The predicted octanol–water partition coefficient (Wildman–Crippen LogP) is 1.43. The van der Waals surface area contributed by atoms with E-state index >= 15 is 0 Å². The van der Waals surface area contributed by atoms with Gasteiger partial charge in [-0.1, -0.05) is 17.7 Å². The molecule has 0 saturated carbocycles. The number of ether oxygens (including phenoxy) is 2. The first-order valence-electron chi connectivity index (χ1n) is 8.13. The molecule has 0 aliphatic carbocycles. The monoisotopic (exact) mass is 334 g/mol. The van der Waals surface area contributed by atoms with Gasteiger partial charge in [-0.05, 0) is 25.8 Å². The third-order valence-electron chi connectivity index (χ3n) is 4.59. The fourth-order valence-electron chi connectivity index (χ4n) is 3.61. The number of nitrogens with two attached hydrogens (primary N) is 1. The number of hydrogen-bond donors (Lipinski definition) is 1. The number of carbonyl (C=O) groups excluding carboxylic acids is 2. The Morgan fingerprint density at radius 2 is 2.08 bits per heavy atom. The minimum atomic E-state index is -0.630. The summed E-state index contributed by atoms with van der Waals surface area (Å²) in [6.07, 6.45) is 1.92. The Labute approximate surface area is 142 Å². The molecule has 1 fully saturated rings. The van der Waals surface area contributed by atoms with Crippen LogP contribution in [-0.4, -0.2) is 49.6 Å². The minimum Gasteiger partial charge on any atom is -0.496 e. The quantitative estimate of drug-likeness (QED) is 0.818. The third kappa shape index (κ3) is 3.87. The first-order valence-corrected chi connectivity index (χ1v) is 8.13. The number of hydrogen-bond acceptors (Lipinski definition) is 4. The van der Waals surface area contributed by atoms with E-state index in [1.165, 1.54) is 0 Å². The average Bonchev–Trinajstić information content (AvgIpc) is 2.90. The summed E-state index contributed by atoms with van der Waals surface area (Å²) in [6.45, 7) is 2.90. The van der Waals surface area contributed by atoms with Crippen LogP contribution in [0.15, 0.2) is 18.2 Å². The average molecular weight is 334 g/mol. The number of rotatable bonds is 7. The molecule has 1 atom stereocenters. The molecule has 1 aliphatic heterocycles. The molecule has 0 spiro atoms. The molecule has 6 nitrogen and oxygen atoms in total. The van der Waals surface area contributed by atoms with Gasteiger partial charge in [0.25, 0.3) is 0 Å². The van der Waals surface area contributed by atoms with E-state index < -0.39 is 11.4 Å². The van der Waals surface area contributed by atoms with Gasteiger partial charge < -0.3 is 20.1 Å². The highest BCUT2D eigenvalue weighted by molar-refractivity contribution is 5.82. The summed E-state index contributed by atoms with van der Waals surface area (Å²) in [6, 6.07) is 5.78. The Hall–Kier alpha value is -2.08. The highest BCUT2D eigenvalue weighted by Gasteiger charge is 2.44. The molecule has 0 bridgehead atoms. The molecule has 0 aromatic heterocycles. The van der Waals surface area contributed by atoms with Gasteiger partial charge in [0.2, 0.25) is 11.8 Å². The fraction of sp³-hybridized carbons (Fsp3) is 0.556. The van der Waals surface area contributed by atoms with E-state index in [1.807, 2.05) is 25.1 Å². The second-order valence-corrected chi connectivity index (χ2v) is 6.44. The molecule has 1 aromatic rings. The highest BCUT2D eigenvalue weighted by atomic mass is 16.5. The van der Waals surface area contributed by atoms with Gasteiger partial charge >= 0.3 is 0 Å². The van der Waals surface area contributed by atoms with Gasteiger partial charge in [0, 0.05) is 19.2 Å². The zero-order chi connectivity index (χ0) is 17.7. The summed E-state index contributed by atoms with van der Waals surface area (Å²) < 4.78 is 10.7. The summed E-state index contributed by atoms with van der Waals surface area (Å²) in [5.74, 6) is 0.245. The molecule has 1 aromatic carbocycles. The van der Waals surface area contributed by atoms with Gasteiger partial charge in [-0.15, -0.1) is 0 Å². The maximum Gasteiger partial charge on any atom is 0.227 e. The second-order valence-electron chi connectivity index (χ2n) is 6.44. The van der Waals surface area contributed by atoms with Crippen molar-refractivity contribution in [3.8, 4) is 5.75 Å². The SMILES string of the molecule is COC[C@@]1(CC(N)=O)CCCN1C(=O)Cc1cc(C)ccc1OC. The number of likely N-dealkylation sites (tertiary alicyclic amines) is 1. The predicted molar refractivity (Wildman–Crippen MR) is 90.8 cm³/mol. The van der Waals surface area contributed by atoms with Crippen molar-refractivity contribution < 1.29 is 19.1 Å². The number of carbonyl (C=O) groups is 2. The van der Waals surface area contributed by atoms with Gasteiger partial charge in [-0.25, -0.2) is 0 Å². The van der Waals surface area contributed by atoms with E-state index in [9.17, 15) is 9.59 Å². The van der Waals surface area contributed by atoms with Crippen molar-refractivity contribution in [3.05, 3.63) is 29.3 Å². The van der Waals surface area contributed by atoms with Crippen LogP contribution in [0.5, 0.6) is 5.75 Å². The van der Waals surface area contributed by atoms with Crippen LogP contribution >= 0.6 is 0 Å². The van der Waals surface area contributed by atoms with Crippen LogP contribution in [0.1, 0.15) is 30.4 Å². The van der Waals surface area contributed by atoms with Crippen molar-refractivity contribution >= 4 is 11.8 Å². The summed E-state index contributed by atoms with van der Waals surface area (Å²) >= 11 is 0. The molecule has 1 heterocycles. The first kappa shape index (κ1) is 18.3. The number of nitrogens with zero attached hydrogens (tertiary/aromatic N) is 1. The zero-order valence-electron chi connectivity index (χ0n) is 14.6. The molecule has 0 radical (unpaired) electrons. The normalized spacial score (nSPS) is 20.2. The molecular formula is C18H26N2O4. The number of aryl methyl sites for hydroxylation is 1. The molecule has 1 saturated heterocycles. The van der Waals surface area contributed by atoms with Crippen molar-refractivity contribution in [2.24, 2.45) is 5.73 Å². The van der Waals surface area contributed by atoms with E-state index in [4.69, 9.17) is 15.2 Å². The molecular weight excluding hydrogens is 308 g/mol. The number of benzene rings is 1. The molecule has 6 heteroatoms. The van der Waals surface area contributed by atoms with Gasteiger partial charge in [0.15, 0.2) is 0 Å². The van der Waals surface area contributed by atoms with Crippen LogP contribution < -0.4 is 10.5 Å². The van der Waals surface area contributed by atoms with Crippen LogP contribution in [-0.2, 0) is 20.7 Å². The van der Waals surface area contributed by atoms with Gasteiger partial charge in [0.05, 0.1) is 32.1 Å². The van der Waals surface area contributed by atoms with Crippen LogP contribution in [0.3, 0.4) is 0 Å². The van der Waals surface area contributed by atoms with E-state index in [0.717, 1.165) is 24.0 Å². The van der Waals surface area contributed by atoms with Crippen LogP contribution in [0.2, 0.25) is 0 Å². The molecule has 2 rings (SSSR count). The lowest BCUT2D eigenvalue weighted by Gasteiger charge is -2.37. The van der Waals surface area contributed by atoms with Gasteiger partial charge in [0.1, 0.15) is 5.75 Å². The third-order valence-corrected chi connectivity index (χ3v) is 4.59. The maximum atomic E-state index is 12.9. The lowest BCUT2D eigenvalue weighted by Crippen LogP contribution is -2.53. The fourth-order valence-corrected chi connectivity index (χ4v) is 3.61. The van der Waals surface area contributed by atoms with E-state index in [-0.39, 0.29) is 18.7 Å². The maximum absolute atomic E-state index is 12.9. The van der Waals surface area contributed by atoms with Crippen molar-refractivity contribution in [1.82, 2.24) is 4.90 Å². The molecule has 1 aliphatic rings. The van der Waals surface area contributed by atoms with E-state index in [1.54, 1.807) is 19.1 Å². The van der Waals surface area contributed by atoms with E-state index in [2.05, 4.69) is 0 Å². The standard InChI is InChI=1S/C18H26N2O4/c1-13-5-6-15(24-3)14(9-13)10-17(22)20-8-4-7-18(20,12-23-2)11-16(19)21/h5-6,9H,4,7-8,10-12H2,1-3H3,(H2,19,21)/t18-/m0/s1. The Balaban J connectivity index is 2.24. The first-order chi connectivity index (χ1) is 11.4. The molecule has 0 unspecified atom stereocenters. The van der Waals surface area contributed by atoms with Crippen molar-refractivity contribution in [2.45, 2.75) is 38.1 Å². The lowest BCUT2D eigenvalue weighted by atomic mass is 9.92. The molecule has 2 amide bonds. The van der Waals surface area contributed by atoms with Crippen molar-refractivity contribution in [2.75, 3.05) is 27.4 Å². The Morgan fingerprint density at radius 3 is 2.71 bits per heavy atom. The van der Waals surface area contributed by atoms with Crippen LogP contribution in [0, 0.1) is 6.92 Å². The van der Waals surface area contributed by atoms with Crippen LogP contribution in [0.4, 0.5) is 0 Å². The summed E-state index contributed by atoms with van der Waals surface area (Å²) in [4.78, 5) is 26.2. The number of primary amides is 1. The van der Waals surface area contributed by atoms with Gasteiger partial charge in [-0.2, -0.15) is 0 Å². The Morgan fingerprint density at radius 1 is 1.33 bits per heavy atom. The van der Waals surface area contributed by atoms with Crippen LogP contribution in [0.25, 0.3) is 0 Å². The Kier molecular flexibility index (Phi) is 5.83. The zero-order valence-corrected chi connectivity index (χ0v) is 14.6. The summed E-state index contributed by atoms with van der Waals surface area (Å²) in [7, 11) is 3.17. The Bertz CT molecular complexity index is 617. The largest absolute Gasteiger partial charge is 0.496 e.